The fourth-order valence-corrected chi connectivity index (χ4v) is 4.15. The SMILES string of the molecule is N#Cc1ccc(S(=O)(=O)N2CCN(Cc3cccnc3)CC2)cc1. The van der Waals surface area contributed by atoms with Crippen molar-refractivity contribution in [2.24, 2.45) is 0 Å². The van der Waals surface area contributed by atoms with Crippen molar-refractivity contribution < 1.29 is 8.42 Å². The van der Waals surface area contributed by atoms with Crippen LogP contribution in [0.5, 0.6) is 0 Å². The van der Waals surface area contributed by atoms with Gasteiger partial charge in [-0.3, -0.25) is 9.88 Å². The van der Waals surface area contributed by atoms with Crippen LogP contribution >= 0.6 is 0 Å². The fourth-order valence-electron chi connectivity index (χ4n) is 2.73. The van der Waals surface area contributed by atoms with Crippen LogP contribution in [0.4, 0.5) is 0 Å². The zero-order chi connectivity index (χ0) is 17.0. The van der Waals surface area contributed by atoms with Crippen LogP contribution in [0.2, 0.25) is 0 Å². The van der Waals surface area contributed by atoms with Crippen LogP contribution in [-0.2, 0) is 16.6 Å². The normalized spacial score (nSPS) is 16.6. The second-order valence-corrected chi connectivity index (χ2v) is 7.62. The lowest BCUT2D eigenvalue weighted by Crippen LogP contribution is -2.48. The molecule has 2 heterocycles. The van der Waals surface area contributed by atoms with Crippen molar-refractivity contribution in [2.45, 2.75) is 11.4 Å². The molecule has 0 amide bonds. The molecule has 124 valence electrons. The van der Waals surface area contributed by atoms with Crippen LogP contribution in [0.1, 0.15) is 11.1 Å². The quantitative estimate of drug-likeness (QED) is 0.841. The number of sulfonamides is 1. The van der Waals surface area contributed by atoms with E-state index in [-0.39, 0.29) is 4.90 Å². The van der Waals surface area contributed by atoms with Gasteiger partial charge in [0.2, 0.25) is 10.0 Å². The number of hydrogen-bond donors (Lipinski definition) is 0. The maximum atomic E-state index is 12.7. The van der Waals surface area contributed by atoms with Crippen LogP contribution < -0.4 is 0 Å². The highest BCUT2D eigenvalue weighted by Gasteiger charge is 2.28. The molecule has 0 aliphatic carbocycles. The molecule has 1 saturated heterocycles. The van der Waals surface area contributed by atoms with Crippen LogP contribution in [0.15, 0.2) is 53.7 Å². The van der Waals surface area contributed by atoms with Crippen LogP contribution in [-0.4, -0.2) is 48.8 Å². The number of piperazine rings is 1. The zero-order valence-electron chi connectivity index (χ0n) is 13.2. The highest BCUT2D eigenvalue weighted by molar-refractivity contribution is 7.89. The third-order valence-corrected chi connectivity index (χ3v) is 5.99. The number of rotatable bonds is 4. The van der Waals surface area contributed by atoms with Crippen molar-refractivity contribution in [3.05, 3.63) is 59.9 Å². The number of aromatic nitrogens is 1. The van der Waals surface area contributed by atoms with Crippen molar-refractivity contribution in [1.29, 1.82) is 5.26 Å². The molecule has 1 aromatic carbocycles. The molecule has 2 aromatic rings. The van der Waals surface area contributed by atoms with E-state index in [9.17, 15) is 8.42 Å². The molecule has 24 heavy (non-hydrogen) atoms. The Morgan fingerprint density at radius 2 is 1.79 bits per heavy atom. The first-order valence-electron chi connectivity index (χ1n) is 7.71. The van der Waals surface area contributed by atoms with Crippen LogP contribution in [0.25, 0.3) is 0 Å². The standard InChI is InChI=1S/C17H18N4O2S/c18-12-15-3-5-17(6-4-15)24(22,23)21-10-8-20(9-11-21)14-16-2-1-7-19-13-16/h1-7,13H,8-11,14H2. The van der Waals surface area contributed by atoms with Gasteiger partial charge < -0.3 is 0 Å². The van der Waals surface area contributed by atoms with E-state index in [1.807, 2.05) is 24.4 Å². The van der Waals surface area contributed by atoms with Gasteiger partial charge in [-0.25, -0.2) is 8.42 Å². The van der Waals surface area contributed by atoms with E-state index in [4.69, 9.17) is 5.26 Å². The topological polar surface area (TPSA) is 77.3 Å². The Hall–Kier alpha value is -2.27. The summed E-state index contributed by atoms with van der Waals surface area (Å²) in [6, 6.07) is 12.0. The summed E-state index contributed by atoms with van der Waals surface area (Å²) in [6.45, 7) is 3.07. The lowest BCUT2D eigenvalue weighted by Gasteiger charge is -2.33. The summed E-state index contributed by atoms with van der Waals surface area (Å²) in [5, 5.41) is 8.81. The van der Waals surface area contributed by atoms with Gasteiger partial charge >= 0.3 is 0 Å². The summed E-state index contributed by atoms with van der Waals surface area (Å²) in [5.41, 5.74) is 1.58. The van der Waals surface area contributed by atoms with Crippen LogP contribution in [0, 0.1) is 11.3 Å². The molecule has 1 fully saturated rings. The van der Waals surface area contributed by atoms with E-state index in [1.165, 1.54) is 28.6 Å². The smallest absolute Gasteiger partial charge is 0.243 e. The Labute approximate surface area is 142 Å². The van der Waals surface area contributed by atoms with Gasteiger partial charge in [0.15, 0.2) is 0 Å². The summed E-state index contributed by atoms with van der Waals surface area (Å²) >= 11 is 0. The third kappa shape index (κ3) is 3.62. The van der Waals surface area contributed by atoms with E-state index in [0.717, 1.165) is 12.1 Å². The molecule has 0 radical (unpaired) electrons. The Balaban J connectivity index is 1.64. The molecule has 0 unspecified atom stereocenters. The molecule has 0 bridgehead atoms. The zero-order valence-corrected chi connectivity index (χ0v) is 14.0. The number of nitriles is 1. The van der Waals surface area contributed by atoms with Crippen LogP contribution in [0.3, 0.4) is 0 Å². The van der Waals surface area contributed by atoms with Gasteiger partial charge in [0.1, 0.15) is 0 Å². The van der Waals surface area contributed by atoms with Gasteiger partial charge in [-0.2, -0.15) is 9.57 Å². The van der Waals surface area contributed by atoms with Gasteiger partial charge in [-0.05, 0) is 35.9 Å². The average molecular weight is 342 g/mol. The largest absolute Gasteiger partial charge is 0.296 e. The monoisotopic (exact) mass is 342 g/mol. The number of benzene rings is 1. The van der Waals surface area contributed by atoms with E-state index < -0.39 is 10.0 Å². The summed E-state index contributed by atoms with van der Waals surface area (Å²) in [5.74, 6) is 0. The number of nitrogens with zero attached hydrogens (tertiary/aromatic N) is 4. The Bertz CT molecular complexity index is 821. The third-order valence-electron chi connectivity index (χ3n) is 4.08. The van der Waals surface area contributed by atoms with Crippen molar-refractivity contribution in [2.75, 3.05) is 26.2 Å². The van der Waals surface area contributed by atoms with Crippen molar-refractivity contribution in [3.63, 3.8) is 0 Å². The summed E-state index contributed by atoms with van der Waals surface area (Å²) in [7, 11) is -3.50. The summed E-state index contributed by atoms with van der Waals surface area (Å²) in [4.78, 5) is 6.56. The van der Waals surface area contributed by atoms with E-state index in [0.29, 0.717) is 31.7 Å². The molecule has 0 atom stereocenters. The van der Waals surface area contributed by atoms with Gasteiger partial charge in [0.25, 0.3) is 0 Å². The maximum absolute atomic E-state index is 12.7. The number of hydrogen-bond acceptors (Lipinski definition) is 5. The molecule has 0 N–H and O–H groups in total. The molecular formula is C17H18N4O2S. The van der Waals surface area contributed by atoms with Gasteiger partial charge in [-0.1, -0.05) is 6.07 Å². The van der Waals surface area contributed by atoms with Crippen molar-refractivity contribution >= 4 is 10.0 Å². The minimum atomic E-state index is -3.50. The van der Waals surface area contributed by atoms with Gasteiger partial charge in [0.05, 0.1) is 16.5 Å². The Morgan fingerprint density at radius 3 is 2.38 bits per heavy atom. The first-order chi connectivity index (χ1) is 11.6. The predicted octanol–water partition coefficient (Wildman–Crippen LogP) is 1.46. The van der Waals surface area contributed by atoms with E-state index >= 15 is 0 Å². The minimum absolute atomic E-state index is 0.238. The fraction of sp³-hybridized carbons (Fsp3) is 0.294. The molecule has 6 nitrogen and oxygen atoms in total. The lowest BCUT2D eigenvalue weighted by atomic mass is 10.2. The highest BCUT2D eigenvalue weighted by Crippen LogP contribution is 2.18. The molecule has 0 saturated carbocycles. The molecule has 0 spiro atoms. The molecule has 1 aromatic heterocycles. The minimum Gasteiger partial charge on any atom is -0.296 e. The maximum Gasteiger partial charge on any atom is 0.243 e. The molecule has 7 heteroatoms. The van der Waals surface area contributed by atoms with Crippen molar-refractivity contribution in [1.82, 2.24) is 14.2 Å². The number of pyridine rings is 1. The van der Waals surface area contributed by atoms with E-state index in [2.05, 4.69) is 9.88 Å². The molecule has 3 rings (SSSR count). The lowest BCUT2D eigenvalue weighted by molar-refractivity contribution is 0.181. The molecule has 1 aliphatic heterocycles. The summed E-state index contributed by atoms with van der Waals surface area (Å²) < 4.78 is 26.8. The second kappa shape index (κ2) is 7.09. The summed E-state index contributed by atoms with van der Waals surface area (Å²) in [6.07, 6.45) is 3.57. The Kier molecular flexibility index (Phi) is 4.90. The first kappa shape index (κ1) is 16.6. The Morgan fingerprint density at radius 1 is 1.08 bits per heavy atom. The molecule has 1 aliphatic rings. The van der Waals surface area contributed by atoms with Gasteiger partial charge in [0, 0.05) is 45.1 Å². The second-order valence-electron chi connectivity index (χ2n) is 5.68. The highest BCUT2D eigenvalue weighted by atomic mass is 32.2. The van der Waals surface area contributed by atoms with Gasteiger partial charge in [-0.15, -0.1) is 0 Å². The van der Waals surface area contributed by atoms with E-state index in [1.54, 1.807) is 6.20 Å². The molecular weight excluding hydrogens is 324 g/mol. The van der Waals surface area contributed by atoms with Crippen molar-refractivity contribution in [3.8, 4) is 6.07 Å². The predicted molar refractivity (Wildman–Crippen MR) is 89.4 cm³/mol. The average Bonchev–Trinajstić information content (AvgIpc) is 2.63. The first-order valence-corrected chi connectivity index (χ1v) is 9.15.